The van der Waals surface area contributed by atoms with Crippen molar-refractivity contribution in [3.8, 4) is 0 Å². The fourth-order valence-corrected chi connectivity index (χ4v) is 4.55. The summed E-state index contributed by atoms with van der Waals surface area (Å²) in [4.78, 5) is 41.5. The summed E-state index contributed by atoms with van der Waals surface area (Å²) in [6.07, 6.45) is 3.54. The first-order chi connectivity index (χ1) is 16.3. The predicted molar refractivity (Wildman–Crippen MR) is 145 cm³/mol. The number of carbonyl (C=O) groups is 3. The maximum Gasteiger partial charge on any atom is 0.408 e. The van der Waals surface area contributed by atoms with E-state index in [1.165, 1.54) is 0 Å². The molecule has 3 atom stereocenters. The van der Waals surface area contributed by atoms with Crippen molar-refractivity contribution in [2.24, 2.45) is 0 Å². The molecule has 0 fully saturated rings. The van der Waals surface area contributed by atoms with Crippen LogP contribution in [-0.2, 0) is 14.3 Å². The van der Waals surface area contributed by atoms with Crippen molar-refractivity contribution in [1.82, 2.24) is 15.5 Å². The molecule has 0 aliphatic carbocycles. The number of nitrogens with zero attached hydrogens (tertiary/aromatic N) is 1. The van der Waals surface area contributed by atoms with Crippen LogP contribution in [0.1, 0.15) is 83.5 Å². The first-order valence-corrected chi connectivity index (χ1v) is 13.9. The van der Waals surface area contributed by atoms with Crippen molar-refractivity contribution in [2.45, 2.75) is 98.4 Å². The number of aryl methyl sites for hydroxylation is 2. The van der Waals surface area contributed by atoms with E-state index in [2.05, 4.69) is 17.6 Å². The molecule has 8 heteroatoms. The molecule has 0 saturated carbocycles. The van der Waals surface area contributed by atoms with Crippen molar-refractivity contribution in [3.63, 3.8) is 0 Å². The second-order valence-electron chi connectivity index (χ2n) is 10.1. The number of alkyl carbamates (subject to hydrolysis) is 1. The highest BCUT2D eigenvalue weighted by Crippen LogP contribution is 2.25. The van der Waals surface area contributed by atoms with Gasteiger partial charge in [-0.2, -0.15) is 11.8 Å². The molecule has 0 aliphatic heterocycles. The van der Waals surface area contributed by atoms with Crippen LogP contribution in [0.4, 0.5) is 4.79 Å². The van der Waals surface area contributed by atoms with Gasteiger partial charge in [0.2, 0.25) is 11.8 Å². The molecule has 0 radical (unpaired) electrons. The van der Waals surface area contributed by atoms with E-state index >= 15 is 0 Å². The van der Waals surface area contributed by atoms with Crippen LogP contribution in [0, 0.1) is 13.8 Å². The molecule has 35 heavy (non-hydrogen) atoms. The number of amides is 3. The zero-order valence-electron chi connectivity index (χ0n) is 23.0. The molecule has 198 valence electrons. The zero-order valence-corrected chi connectivity index (χ0v) is 23.8. The van der Waals surface area contributed by atoms with Gasteiger partial charge >= 0.3 is 6.09 Å². The summed E-state index contributed by atoms with van der Waals surface area (Å²) in [5, 5.41) is 5.85. The van der Waals surface area contributed by atoms with Gasteiger partial charge in [-0.05, 0) is 78.9 Å². The van der Waals surface area contributed by atoms with Crippen LogP contribution in [-0.4, -0.2) is 59.0 Å². The van der Waals surface area contributed by atoms with Crippen LogP contribution in [0.2, 0.25) is 0 Å². The van der Waals surface area contributed by atoms with Gasteiger partial charge in [0.25, 0.3) is 0 Å². The third-order valence-corrected chi connectivity index (χ3v) is 6.10. The Morgan fingerprint density at radius 2 is 1.63 bits per heavy atom. The minimum Gasteiger partial charge on any atom is -0.444 e. The number of hydrogen-bond acceptors (Lipinski definition) is 5. The third-order valence-electron chi connectivity index (χ3n) is 5.45. The van der Waals surface area contributed by atoms with Crippen molar-refractivity contribution < 1.29 is 19.1 Å². The standard InChI is InChI=1S/C27H45N3O4S/c1-10-12-20(5)28-24(31)23(21-16-18(3)15-19(4)17-21)30(11-2)25(32)22(13-14-35-9)29-26(33)34-27(6,7)8/h15-17,20,22-23H,10-14H2,1-9H3,(H,28,31)(H,29,33). The number of likely N-dealkylation sites (N-methyl/N-ethyl adjacent to an activating group) is 1. The zero-order chi connectivity index (χ0) is 26.8. The second kappa shape index (κ2) is 14.4. The van der Waals surface area contributed by atoms with Crippen molar-refractivity contribution in [3.05, 3.63) is 34.9 Å². The van der Waals surface area contributed by atoms with E-state index in [4.69, 9.17) is 4.74 Å². The minimum atomic E-state index is -0.803. The molecule has 0 bridgehead atoms. The van der Waals surface area contributed by atoms with Gasteiger partial charge in [0.15, 0.2) is 0 Å². The number of carbonyl (C=O) groups excluding carboxylic acids is 3. The van der Waals surface area contributed by atoms with Crippen LogP contribution < -0.4 is 10.6 Å². The molecule has 2 N–H and O–H groups in total. The monoisotopic (exact) mass is 507 g/mol. The first kappa shape index (κ1) is 30.8. The van der Waals surface area contributed by atoms with E-state index in [1.807, 2.05) is 52.1 Å². The van der Waals surface area contributed by atoms with Gasteiger partial charge in [-0.3, -0.25) is 9.59 Å². The van der Waals surface area contributed by atoms with E-state index in [0.717, 1.165) is 29.5 Å². The maximum atomic E-state index is 13.8. The molecule has 1 aromatic rings. The smallest absolute Gasteiger partial charge is 0.408 e. The summed E-state index contributed by atoms with van der Waals surface area (Å²) >= 11 is 1.59. The molecule has 0 aromatic heterocycles. The minimum absolute atomic E-state index is 0.0121. The molecule has 1 aromatic carbocycles. The largest absolute Gasteiger partial charge is 0.444 e. The van der Waals surface area contributed by atoms with Crippen molar-refractivity contribution in [1.29, 1.82) is 0 Å². The highest BCUT2D eigenvalue weighted by Gasteiger charge is 2.35. The lowest BCUT2D eigenvalue weighted by Gasteiger charge is -2.34. The maximum absolute atomic E-state index is 13.8. The predicted octanol–water partition coefficient (Wildman–Crippen LogP) is 5.14. The fraction of sp³-hybridized carbons (Fsp3) is 0.667. The molecular weight excluding hydrogens is 462 g/mol. The quantitative estimate of drug-likeness (QED) is 0.409. The second-order valence-corrected chi connectivity index (χ2v) is 11.1. The average Bonchev–Trinajstić information content (AvgIpc) is 2.72. The number of thioether (sulfide) groups is 1. The number of benzene rings is 1. The van der Waals surface area contributed by atoms with Crippen LogP contribution in [0.5, 0.6) is 0 Å². The highest BCUT2D eigenvalue weighted by molar-refractivity contribution is 7.98. The molecule has 0 heterocycles. The lowest BCUT2D eigenvalue weighted by molar-refractivity contribution is -0.142. The fourth-order valence-electron chi connectivity index (χ4n) is 4.08. The molecule has 3 amide bonds. The summed E-state index contributed by atoms with van der Waals surface area (Å²) in [6, 6.07) is 4.34. The number of rotatable bonds is 12. The Kier molecular flexibility index (Phi) is 12.6. The molecule has 7 nitrogen and oxygen atoms in total. The number of ether oxygens (including phenoxy) is 1. The van der Waals surface area contributed by atoms with Gasteiger partial charge < -0.3 is 20.3 Å². The van der Waals surface area contributed by atoms with Crippen molar-refractivity contribution in [2.75, 3.05) is 18.6 Å². The van der Waals surface area contributed by atoms with Gasteiger partial charge in [-0.15, -0.1) is 0 Å². The Labute approximate surface area is 216 Å². The molecule has 1 rings (SSSR count). The molecular formula is C27H45N3O4S. The normalized spacial score (nSPS) is 14.0. The number of nitrogens with one attached hydrogen (secondary N) is 2. The van der Waals surface area contributed by atoms with Gasteiger partial charge in [-0.25, -0.2) is 4.79 Å². The van der Waals surface area contributed by atoms with Gasteiger partial charge in [0, 0.05) is 12.6 Å². The molecule has 3 unspecified atom stereocenters. The number of hydrogen-bond donors (Lipinski definition) is 2. The van der Waals surface area contributed by atoms with Crippen LogP contribution in [0.15, 0.2) is 18.2 Å². The summed E-state index contributed by atoms with van der Waals surface area (Å²) < 4.78 is 5.41. The lowest BCUT2D eigenvalue weighted by atomic mass is 9.98. The van der Waals surface area contributed by atoms with Crippen LogP contribution >= 0.6 is 11.8 Å². The van der Waals surface area contributed by atoms with Gasteiger partial charge in [0.1, 0.15) is 17.7 Å². The van der Waals surface area contributed by atoms with E-state index in [0.29, 0.717) is 18.7 Å². The van der Waals surface area contributed by atoms with Gasteiger partial charge in [-0.1, -0.05) is 42.7 Å². The Hall–Kier alpha value is -2.22. The molecule has 0 saturated heterocycles. The summed E-state index contributed by atoms with van der Waals surface area (Å²) in [5.41, 5.74) is 2.13. The summed E-state index contributed by atoms with van der Waals surface area (Å²) in [7, 11) is 0. The van der Waals surface area contributed by atoms with Gasteiger partial charge in [0.05, 0.1) is 0 Å². The van der Waals surface area contributed by atoms with Crippen LogP contribution in [0.3, 0.4) is 0 Å². The molecule has 0 aliphatic rings. The molecule has 0 spiro atoms. The Balaban J connectivity index is 3.39. The lowest BCUT2D eigenvalue weighted by Crippen LogP contribution is -2.53. The summed E-state index contributed by atoms with van der Waals surface area (Å²) in [5.74, 6) is 0.166. The highest BCUT2D eigenvalue weighted by atomic mass is 32.2. The first-order valence-electron chi connectivity index (χ1n) is 12.5. The van der Waals surface area contributed by atoms with E-state index in [1.54, 1.807) is 37.4 Å². The third kappa shape index (κ3) is 10.5. The van der Waals surface area contributed by atoms with E-state index in [-0.39, 0.29) is 17.9 Å². The van der Waals surface area contributed by atoms with E-state index < -0.39 is 23.8 Å². The Bertz CT molecular complexity index is 833. The Morgan fingerprint density at radius 1 is 1.03 bits per heavy atom. The average molecular weight is 508 g/mol. The Morgan fingerprint density at radius 3 is 2.11 bits per heavy atom. The van der Waals surface area contributed by atoms with E-state index in [9.17, 15) is 14.4 Å². The van der Waals surface area contributed by atoms with Crippen molar-refractivity contribution >= 4 is 29.7 Å². The summed E-state index contributed by atoms with van der Waals surface area (Å²) in [6.45, 7) is 15.5. The topological polar surface area (TPSA) is 87.7 Å². The van der Waals surface area contributed by atoms with Crippen LogP contribution in [0.25, 0.3) is 0 Å². The SMILES string of the molecule is CCCC(C)NC(=O)C(c1cc(C)cc(C)c1)N(CC)C(=O)C(CCSC)NC(=O)OC(C)(C)C.